The highest BCUT2D eigenvalue weighted by molar-refractivity contribution is 6.32. The zero-order valence-electron chi connectivity index (χ0n) is 28.4. The van der Waals surface area contributed by atoms with E-state index in [0.29, 0.717) is 17.9 Å². The summed E-state index contributed by atoms with van der Waals surface area (Å²) < 4.78 is 34.4. The van der Waals surface area contributed by atoms with Crippen LogP contribution in [0.4, 0.5) is 11.4 Å². The van der Waals surface area contributed by atoms with Crippen molar-refractivity contribution in [3.63, 3.8) is 0 Å². The number of benzene rings is 4. The number of halogens is 2. The molecule has 0 spiro atoms. The highest BCUT2D eigenvalue weighted by atomic mass is 35.7. The first-order valence-corrected chi connectivity index (χ1v) is 18.1. The van der Waals surface area contributed by atoms with Crippen molar-refractivity contribution in [3.05, 3.63) is 130 Å². The second kappa shape index (κ2) is 12.9. The molecule has 3 aliphatic rings. The molecule has 8 heteroatoms. The summed E-state index contributed by atoms with van der Waals surface area (Å²) in [6.07, 6.45) is 12.7. The van der Waals surface area contributed by atoms with Crippen molar-refractivity contribution in [2.75, 3.05) is 28.2 Å². The number of quaternary nitrogens is 2. The smallest absolute Gasteiger partial charge is 0.141 e. The van der Waals surface area contributed by atoms with E-state index in [4.69, 9.17) is 30.2 Å². The maximum absolute atomic E-state index is 8.60. The molecule has 3 atom stereocenters. The molecule has 2 heterocycles. The maximum atomic E-state index is 8.60. The maximum Gasteiger partial charge on any atom is 0.141 e. The van der Waals surface area contributed by atoms with Crippen LogP contribution in [0.25, 0.3) is 21.5 Å². The SMILES string of the molecule is CC1C(=CC=C2CCCC(C=CC3C(C)c4c(ccc5ccccc45)[N+]3(C)C)=C2Cl)[N+](C)(C)c2ccc3ccccc3c21.[O-][Cl+3]([O-])([O-])O. The molecule has 1 aliphatic carbocycles. The molecule has 0 aromatic heterocycles. The van der Waals surface area contributed by atoms with Crippen LogP contribution < -0.4 is 22.9 Å². The number of likely N-dealkylation sites (N-methyl/N-ethyl adjacent to an activating group) is 2. The second-order valence-corrected chi connectivity index (χ2v) is 15.3. The molecule has 2 aliphatic heterocycles. The Hall–Kier alpha value is -3.30. The van der Waals surface area contributed by atoms with Gasteiger partial charge < -0.3 is 0 Å². The van der Waals surface area contributed by atoms with Crippen LogP contribution in [0, 0.1) is 10.2 Å². The van der Waals surface area contributed by atoms with E-state index < -0.39 is 10.2 Å². The van der Waals surface area contributed by atoms with Crippen LogP contribution >= 0.6 is 11.6 Å². The number of hydrogen-bond donors (Lipinski definition) is 1. The van der Waals surface area contributed by atoms with Crippen molar-refractivity contribution in [1.29, 1.82) is 0 Å². The third-order valence-electron chi connectivity index (χ3n) is 10.8. The molecule has 3 unspecified atom stereocenters. The van der Waals surface area contributed by atoms with Gasteiger partial charge in [0.1, 0.15) is 23.1 Å². The standard InChI is InChI=1S/C40H43ClN2.ClHO4/c1-26-34(42(3,4)36-24-18-28-12-7-9-16-32(28)38(26)36)22-20-30-14-11-15-31(40(30)41)21-23-35-27(2)39-33-17-10-8-13-29(33)19-25-37(39)43(35,5)6;2-1(3,4)5/h7-10,12-13,16-27,34H,11,14-15H2,1-6H3;(H,2,3,4,5)/q+2;. The number of allylic oxidation sites excluding steroid dienone is 7. The minimum atomic E-state index is -4.69. The first kappa shape index (κ1) is 34.6. The molecule has 0 amide bonds. The summed E-state index contributed by atoms with van der Waals surface area (Å²) in [5, 5.41) is 6.35. The molecular formula is C40H44Cl2N2O4+2. The molecule has 1 N–H and O–H groups in total. The second-order valence-electron chi connectivity index (χ2n) is 14.2. The van der Waals surface area contributed by atoms with Crippen molar-refractivity contribution >= 4 is 44.5 Å². The lowest BCUT2D eigenvalue weighted by molar-refractivity contribution is -1.92. The van der Waals surface area contributed by atoms with Gasteiger partial charge in [-0.3, -0.25) is 8.97 Å². The quantitative estimate of drug-likeness (QED) is 0.255. The van der Waals surface area contributed by atoms with E-state index in [0.717, 1.165) is 33.3 Å². The minimum absolute atomic E-state index is 0.347. The Labute approximate surface area is 290 Å². The average Bonchev–Trinajstić information content (AvgIpc) is 3.36. The van der Waals surface area contributed by atoms with Crippen LogP contribution in [-0.2, 0) is 0 Å². The molecule has 0 radical (unpaired) electrons. The predicted octanol–water partition coefficient (Wildman–Crippen LogP) is 6.35. The lowest BCUT2D eigenvalue weighted by Gasteiger charge is -2.32. The Bertz CT molecular complexity index is 2010. The van der Waals surface area contributed by atoms with Gasteiger partial charge in [0.15, 0.2) is 0 Å². The molecule has 0 saturated heterocycles. The molecule has 0 bridgehead atoms. The monoisotopic (exact) mass is 686 g/mol. The Kier molecular flexibility index (Phi) is 9.26. The first-order valence-electron chi connectivity index (χ1n) is 16.4. The van der Waals surface area contributed by atoms with Crippen molar-refractivity contribution < 1.29 is 28.9 Å². The lowest BCUT2D eigenvalue weighted by Crippen LogP contribution is -2.58. The summed E-state index contributed by atoms with van der Waals surface area (Å²) in [7, 11) is 4.64. The predicted molar refractivity (Wildman–Crippen MR) is 190 cm³/mol. The molecular weight excluding hydrogens is 643 g/mol. The zero-order valence-corrected chi connectivity index (χ0v) is 29.9. The van der Waals surface area contributed by atoms with Gasteiger partial charge in [-0.15, -0.1) is 0 Å². The van der Waals surface area contributed by atoms with Crippen LogP contribution in [-0.4, -0.2) is 38.9 Å². The van der Waals surface area contributed by atoms with Gasteiger partial charge in [-0.25, -0.2) is 0 Å². The Morgan fingerprint density at radius 3 is 1.96 bits per heavy atom. The zero-order chi connectivity index (χ0) is 34.6. The van der Waals surface area contributed by atoms with E-state index in [9.17, 15) is 0 Å². The van der Waals surface area contributed by atoms with Crippen molar-refractivity contribution in [2.24, 2.45) is 0 Å². The van der Waals surface area contributed by atoms with Crippen molar-refractivity contribution in [3.8, 4) is 0 Å². The highest BCUT2D eigenvalue weighted by Crippen LogP contribution is 2.50. The van der Waals surface area contributed by atoms with Crippen LogP contribution in [0.2, 0.25) is 0 Å². The Morgan fingerprint density at radius 2 is 1.33 bits per heavy atom. The van der Waals surface area contributed by atoms with E-state index in [1.54, 1.807) is 0 Å². The summed E-state index contributed by atoms with van der Waals surface area (Å²) in [6.45, 7) is 4.75. The van der Waals surface area contributed by atoms with Gasteiger partial charge in [0, 0.05) is 34.2 Å². The number of rotatable bonds is 3. The summed E-state index contributed by atoms with van der Waals surface area (Å²) in [6, 6.07) is 27.2. The van der Waals surface area contributed by atoms with Gasteiger partial charge in [0.05, 0.1) is 49.0 Å². The third-order valence-corrected chi connectivity index (χ3v) is 11.2. The van der Waals surface area contributed by atoms with E-state index in [1.165, 1.54) is 60.9 Å². The van der Waals surface area contributed by atoms with Crippen LogP contribution in [0.3, 0.4) is 0 Å². The van der Waals surface area contributed by atoms with Crippen LogP contribution in [0.15, 0.2) is 119 Å². The molecule has 250 valence electrons. The fourth-order valence-electron chi connectivity index (χ4n) is 8.47. The van der Waals surface area contributed by atoms with E-state index in [2.05, 4.69) is 139 Å². The first-order chi connectivity index (χ1) is 22.6. The van der Waals surface area contributed by atoms with Gasteiger partial charge in [0.2, 0.25) is 0 Å². The Balaban J connectivity index is 0.000000749. The molecule has 6 nitrogen and oxygen atoms in total. The van der Waals surface area contributed by atoms with Crippen LogP contribution in [0.5, 0.6) is 0 Å². The fourth-order valence-corrected chi connectivity index (χ4v) is 8.79. The lowest BCUT2D eigenvalue weighted by atomic mass is 9.90. The minimum Gasteiger partial charge on any atom is -0.290 e. The molecule has 4 aromatic rings. The summed E-state index contributed by atoms with van der Waals surface area (Å²) in [5.74, 6) is 0.775. The van der Waals surface area contributed by atoms with Gasteiger partial charge in [-0.05, 0) is 83.2 Å². The van der Waals surface area contributed by atoms with Gasteiger partial charge in [-0.2, -0.15) is 14.0 Å². The van der Waals surface area contributed by atoms with Crippen molar-refractivity contribution in [2.45, 2.75) is 51.0 Å². The third kappa shape index (κ3) is 6.28. The van der Waals surface area contributed by atoms with Gasteiger partial charge in [0.25, 0.3) is 0 Å². The fraction of sp³-hybridized carbons (Fsp3) is 0.300. The number of nitrogens with zero attached hydrogens (tertiary/aromatic N) is 2. The normalized spacial score (nSPS) is 24.8. The molecule has 48 heavy (non-hydrogen) atoms. The summed E-state index contributed by atoms with van der Waals surface area (Å²) >= 11 is 7.19. The van der Waals surface area contributed by atoms with Gasteiger partial charge in [-0.1, -0.05) is 79.2 Å². The largest absolute Gasteiger partial charge is 0.290 e. The molecule has 0 saturated carbocycles. The van der Waals surface area contributed by atoms with E-state index in [1.807, 2.05) is 0 Å². The molecule has 0 fully saturated rings. The molecule has 4 aromatic carbocycles. The Morgan fingerprint density at radius 1 is 0.771 bits per heavy atom. The van der Waals surface area contributed by atoms with Crippen molar-refractivity contribution in [1.82, 2.24) is 8.97 Å². The van der Waals surface area contributed by atoms with Gasteiger partial charge >= 0.3 is 0 Å². The number of fused-ring (bicyclic) bond motifs is 6. The van der Waals surface area contributed by atoms with E-state index >= 15 is 0 Å². The van der Waals surface area contributed by atoms with E-state index in [-0.39, 0.29) is 0 Å². The summed E-state index contributed by atoms with van der Waals surface area (Å²) in [5.41, 5.74) is 9.72. The number of hydrogen-bond acceptors (Lipinski definition) is 4. The van der Waals surface area contributed by atoms with Crippen LogP contribution in [0.1, 0.15) is 56.1 Å². The topological polar surface area (TPSA) is 89.4 Å². The molecule has 7 rings (SSSR count). The highest BCUT2D eigenvalue weighted by Gasteiger charge is 2.45. The summed E-state index contributed by atoms with van der Waals surface area (Å²) in [4.78, 5) is 0. The average molecular weight is 688 g/mol.